The molecule has 110 valence electrons. The van der Waals surface area contributed by atoms with Crippen molar-refractivity contribution >= 4 is 23.3 Å². The Morgan fingerprint density at radius 1 is 1.70 bits per heavy atom. The van der Waals surface area contributed by atoms with Gasteiger partial charge in [-0.15, -0.1) is 11.3 Å². The van der Waals surface area contributed by atoms with E-state index in [1.54, 1.807) is 17.4 Å². The molecule has 0 aromatic carbocycles. The molecule has 1 saturated carbocycles. The summed E-state index contributed by atoms with van der Waals surface area (Å²) < 4.78 is 5.36. The average Bonchev–Trinajstić information content (AvgIpc) is 3.15. The van der Waals surface area contributed by atoms with Crippen molar-refractivity contribution in [3.63, 3.8) is 0 Å². The SMILES string of the molecule is Cc1nc(/C=C/C(=O)NCC(O)COCC2CC2)cs1. The van der Waals surface area contributed by atoms with E-state index in [1.165, 1.54) is 18.9 Å². The van der Waals surface area contributed by atoms with Gasteiger partial charge < -0.3 is 15.2 Å². The molecule has 1 aliphatic rings. The summed E-state index contributed by atoms with van der Waals surface area (Å²) in [6.07, 6.45) is 4.88. The van der Waals surface area contributed by atoms with Crippen molar-refractivity contribution in [3.05, 3.63) is 22.2 Å². The topological polar surface area (TPSA) is 71.5 Å². The van der Waals surface area contributed by atoms with Gasteiger partial charge in [0, 0.05) is 24.6 Å². The van der Waals surface area contributed by atoms with Gasteiger partial charge in [0.1, 0.15) is 0 Å². The van der Waals surface area contributed by atoms with Crippen molar-refractivity contribution in [1.29, 1.82) is 0 Å². The molecule has 1 fully saturated rings. The second kappa shape index (κ2) is 7.52. The molecule has 0 radical (unpaired) electrons. The van der Waals surface area contributed by atoms with Crippen LogP contribution in [0.3, 0.4) is 0 Å². The number of hydrogen-bond acceptors (Lipinski definition) is 5. The van der Waals surface area contributed by atoms with Crippen LogP contribution in [0.4, 0.5) is 0 Å². The van der Waals surface area contributed by atoms with E-state index >= 15 is 0 Å². The lowest BCUT2D eigenvalue weighted by atomic mass is 10.3. The fraction of sp³-hybridized carbons (Fsp3) is 0.571. The molecule has 1 aliphatic carbocycles. The minimum Gasteiger partial charge on any atom is -0.389 e. The van der Waals surface area contributed by atoms with Crippen LogP contribution in [0.15, 0.2) is 11.5 Å². The lowest BCUT2D eigenvalue weighted by Crippen LogP contribution is -2.33. The molecular formula is C14H20N2O3S. The van der Waals surface area contributed by atoms with E-state index in [1.807, 2.05) is 12.3 Å². The molecule has 1 aromatic heterocycles. The average molecular weight is 296 g/mol. The first-order chi connectivity index (χ1) is 9.63. The first-order valence-electron chi connectivity index (χ1n) is 6.77. The quantitative estimate of drug-likeness (QED) is 0.711. The van der Waals surface area contributed by atoms with Gasteiger partial charge >= 0.3 is 0 Å². The lowest BCUT2D eigenvalue weighted by Gasteiger charge is -2.11. The second-order valence-electron chi connectivity index (χ2n) is 5.00. The van der Waals surface area contributed by atoms with Crippen molar-refractivity contribution in [2.75, 3.05) is 19.8 Å². The van der Waals surface area contributed by atoms with Crippen LogP contribution >= 0.6 is 11.3 Å². The first kappa shape index (κ1) is 15.2. The summed E-state index contributed by atoms with van der Waals surface area (Å²) in [5.74, 6) is 0.443. The highest BCUT2D eigenvalue weighted by Gasteiger charge is 2.21. The summed E-state index contributed by atoms with van der Waals surface area (Å²) >= 11 is 1.54. The Morgan fingerprint density at radius 2 is 2.50 bits per heavy atom. The summed E-state index contributed by atoms with van der Waals surface area (Å²) in [5.41, 5.74) is 0.774. The zero-order valence-electron chi connectivity index (χ0n) is 11.5. The highest BCUT2D eigenvalue weighted by Crippen LogP contribution is 2.28. The number of carbonyl (C=O) groups is 1. The minimum absolute atomic E-state index is 0.198. The van der Waals surface area contributed by atoms with Gasteiger partial charge in [0.05, 0.1) is 23.4 Å². The summed E-state index contributed by atoms with van der Waals surface area (Å²) in [7, 11) is 0. The second-order valence-corrected chi connectivity index (χ2v) is 6.07. The molecule has 1 amide bonds. The number of nitrogens with zero attached hydrogens (tertiary/aromatic N) is 1. The molecule has 6 heteroatoms. The van der Waals surface area contributed by atoms with Crippen LogP contribution in [0.5, 0.6) is 0 Å². The Labute approximate surface area is 122 Å². The summed E-state index contributed by atoms with van der Waals surface area (Å²) in [6, 6.07) is 0. The number of nitrogens with one attached hydrogen (secondary N) is 1. The Balaban J connectivity index is 1.59. The lowest BCUT2D eigenvalue weighted by molar-refractivity contribution is -0.117. The number of hydrogen-bond donors (Lipinski definition) is 2. The maximum absolute atomic E-state index is 11.5. The maximum Gasteiger partial charge on any atom is 0.244 e. The zero-order valence-corrected chi connectivity index (χ0v) is 12.4. The van der Waals surface area contributed by atoms with Crippen molar-refractivity contribution in [3.8, 4) is 0 Å². The number of aliphatic hydroxyl groups excluding tert-OH is 1. The molecular weight excluding hydrogens is 276 g/mol. The van der Waals surface area contributed by atoms with Crippen molar-refractivity contribution in [2.45, 2.75) is 25.9 Å². The van der Waals surface area contributed by atoms with E-state index in [0.29, 0.717) is 12.5 Å². The van der Waals surface area contributed by atoms with Crippen LogP contribution in [0.2, 0.25) is 0 Å². The monoisotopic (exact) mass is 296 g/mol. The van der Waals surface area contributed by atoms with Crippen LogP contribution in [-0.2, 0) is 9.53 Å². The number of aryl methyl sites for hydroxylation is 1. The van der Waals surface area contributed by atoms with Crippen molar-refractivity contribution in [2.24, 2.45) is 5.92 Å². The van der Waals surface area contributed by atoms with E-state index in [4.69, 9.17) is 4.74 Å². The molecule has 1 heterocycles. The molecule has 0 aliphatic heterocycles. The van der Waals surface area contributed by atoms with Gasteiger partial charge in [0.25, 0.3) is 0 Å². The molecule has 20 heavy (non-hydrogen) atoms. The van der Waals surface area contributed by atoms with Crippen molar-refractivity contribution in [1.82, 2.24) is 10.3 Å². The Bertz CT molecular complexity index is 469. The fourth-order valence-electron chi connectivity index (χ4n) is 1.61. The van der Waals surface area contributed by atoms with Crippen LogP contribution in [-0.4, -0.2) is 41.9 Å². The Hall–Kier alpha value is -1.24. The molecule has 0 spiro atoms. The van der Waals surface area contributed by atoms with Gasteiger partial charge in [0.2, 0.25) is 5.91 Å². The Kier molecular flexibility index (Phi) is 5.70. The largest absolute Gasteiger partial charge is 0.389 e. The van der Waals surface area contributed by atoms with Crippen LogP contribution in [0.1, 0.15) is 23.5 Å². The highest BCUT2D eigenvalue weighted by molar-refractivity contribution is 7.09. The molecule has 0 bridgehead atoms. The number of aromatic nitrogens is 1. The van der Waals surface area contributed by atoms with Crippen molar-refractivity contribution < 1.29 is 14.6 Å². The number of rotatable bonds is 8. The van der Waals surface area contributed by atoms with E-state index in [9.17, 15) is 9.90 Å². The predicted molar refractivity (Wildman–Crippen MR) is 78.4 cm³/mol. The molecule has 0 saturated heterocycles. The van der Waals surface area contributed by atoms with Gasteiger partial charge in [0.15, 0.2) is 0 Å². The van der Waals surface area contributed by atoms with Gasteiger partial charge in [-0.2, -0.15) is 0 Å². The normalized spacial score (nSPS) is 16.5. The molecule has 1 unspecified atom stereocenters. The van der Waals surface area contributed by atoms with E-state index in [2.05, 4.69) is 10.3 Å². The third kappa shape index (κ3) is 5.81. The Morgan fingerprint density at radius 3 is 3.15 bits per heavy atom. The first-order valence-corrected chi connectivity index (χ1v) is 7.65. The maximum atomic E-state index is 11.5. The minimum atomic E-state index is -0.660. The zero-order chi connectivity index (χ0) is 14.4. The molecule has 1 atom stereocenters. The summed E-state index contributed by atoms with van der Waals surface area (Å²) in [4.78, 5) is 15.8. The number of carbonyl (C=O) groups excluding carboxylic acids is 1. The third-order valence-corrected chi connectivity index (χ3v) is 3.71. The van der Waals surface area contributed by atoms with E-state index in [-0.39, 0.29) is 19.1 Å². The predicted octanol–water partition coefficient (Wildman–Crippen LogP) is 1.37. The highest BCUT2D eigenvalue weighted by atomic mass is 32.1. The molecule has 2 rings (SSSR count). The third-order valence-electron chi connectivity index (χ3n) is 2.91. The number of ether oxygens (including phenoxy) is 1. The van der Waals surface area contributed by atoms with Crippen LogP contribution < -0.4 is 5.32 Å². The molecule has 2 N–H and O–H groups in total. The van der Waals surface area contributed by atoms with Gasteiger partial charge in [-0.1, -0.05) is 0 Å². The van der Waals surface area contributed by atoms with Gasteiger partial charge in [-0.3, -0.25) is 4.79 Å². The number of aliphatic hydroxyl groups is 1. The molecule has 1 aromatic rings. The smallest absolute Gasteiger partial charge is 0.244 e. The molecule has 5 nitrogen and oxygen atoms in total. The van der Waals surface area contributed by atoms with Crippen LogP contribution in [0.25, 0.3) is 6.08 Å². The van der Waals surface area contributed by atoms with Gasteiger partial charge in [-0.05, 0) is 31.8 Å². The van der Waals surface area contributed by atoms with E-state index < -0.39 is 6.10 Å². The summed E-state index contributed by atoms with van der Waals surface area (Å²) in [5, 5.41) is 15.1. The van der Waals surface area contributed by atoms with Crippen LogP contribution in [0, 0.1) is 12.8 Å². The fourth-order valence-corrected chi connectivity index (χ4v) is 2.19. The van der Waals surface area contributed by atoms with Gasteiger partial charge in [-0.25, -0.2) is 4.98 Å². The number of amides is 1. The number of thiazole rings is 1. The standard InChI is InChI=1S/C14H20N2O3S/c1-10-16-12(9-20-10)4-5-14(18)15-6-13(17)8-19-7-11-2-3-11/h4-5,9,11,13,17H,2-3,6-8H2,1H3,(H,15,18)/b5-4+. The van der Waals surface area contributed by atoms with E-state index in [0.717, 1.165) is 10.7 Å². The summed E-state index contributed by atoms with van der Waals surface area (Å²) in [6.45, 7) is 3.10.